The summed E-state index contributed by atoms with van der Waals surface area (Å²) < 4.78 is 5.46. The molecule has 0 aliphatic rings. The molecule has 17 heavy (non-hydrogen) atoms. The van der Waals surface area contributed by atoms with Gasteiger partial charge in [-0.3, -0.25) is 0 Å². The van der Waals surface area contributed by atoms with Crippen molar-refractivity contribution in [2.24, 2.45) is 0 Å². The Kier molecular flexibility index (Phi) is 6.41. The van der Waals surface area contributed by atoms with E-state index in [1.165, 1.54) is 11.1 Å². The molecule has 1 atom stereocenters. The molecule has 4 heteroatoms. The first kappa shape index (κ1) is 14.4. The Bertz CT molecular complexity index is 358. The van der Waals surface area contributed by atoms with Crippen LogP contribution in [0.1, 0.15) is 24.9 Å². The van der Waals surface area contributed by atoms with Gasteiger partial charge in [0, 0.05) is 11.6 Å². The highest BCUT2D eigenvalue weighted by atomic mass is 35.5. The van der Waals surface area contributed by atoms with Crippen LogP contribution in [0.5, 0.6) is 5.75 Å². The van der Waals surface area contributed by atoms with E-state index in [0.29, 0.717) is 17.7 Å². The summed E-state index contributed by atoms with van der Waals surface area (Å²) in [4.78, 5) is 0. The van der Waals surface area contributed by atoms with Gasteiger partial charge in [0.25, 0.3) is 0 Å². The predicted molar refractivity (Wildman–Crippen MR) is 73.8 cm³/mol. The van der Waals surface area contributed by atoms with Gasteiger partial charge in [-0.2, -0.15) is 0 Å². The lowest BCUT2D eigenvalue weighted by Crippen LogP contribution is -2.14. The summed E-state index contributed by atoms with van der Waals surface area (Å²) in [7, 11) is 1.96. The minimum atomic E-state index is 0.299. The second-order valence-electron chi connectivity index (χ2n) is 3.66. The van der Waals surface area contributed by atoms with Crippen molar-refractivity contribution in [3.63, 3.8) is 0 Å². The second-order valence-corrected chi connectivity index (χ2v) is 4.37. The standard InChI is InChI=1S/C13H17Cl2NO/c1-3-13(16-2)10-4-6-12(7-5-10)17-9-11(15)8-14/h4-8,13,16H,3,9H2,1-2H3. The monoisotopic (exact) mass is 273 g/mol. The fraction of sp³-hybridized carbons (Fsp3) is 0.385. The molecule has 1 unspecified atom stereocenters. The highest BCUT2D eigenvalue weighted by molar-refractivity contribution is 6.36. The lowest BCUT2D eigenvalue weighted by atomic mass is 10.1. The van der Waals surface area contributed by atoms with E-state index in [1.54, 1.807) is 0 Å². The van der Waals surface area contributed by atoms with Crippen molar-refractivity contribution in [2.45, 2.75) is 19.4 Å². The quantitative estimate of drug-likeness (QED) is 0.844. The molecular formula is C13H17Cl2NO. The maximum absolute atomic E-state index is 5.74. The van der Waals surface area contributed by atoms with Gasteiger partial charge < -0.3 is 10.1 Å². The van der Waals surface area contributed by atoms with Gasteiger partial charge in [-0.1, -0.05) is 42.3 Å². The first-order valence-corrected chi connectivity index (χ1v) is 6.37. The van der Waals surface area contributed by atoms with Crippen LogP contribution in [0.2, 0.25) is 0 Å². The van der Waals surface area contributed by atoms with Crippen LogP contribution in [0.3, 0.4) is 0 Å². The van der Waals surface area contributed by atoms with Crippen LogP contribution in [0.15, 0.2) is 34.8 Å². The molecule has 1 aromatic carbocycles. The van der Waals surface area contributed by atoms with Crippen LogP contribution in [0.25, 0.3) is 0 Å². The maximum Gasteiger partial charge on any atom is 0.125 e. The Labute approximate surface area is 113 Å². The van der Waals surface area contributed by atoms with Crippen LogP contribution in [-0.4, -0.2) is 13.7 Å². The first-order valence-electron chi connectivity index (χ1n) is 5.56. The zero-order chi connectivity index (χ0) is 12.7. The van der Waals surface area contributed by atoms with E-state index in [2.05, 4.69) is 24.4 Å². The molecule has 0 aliphatic carbocycles. The van der Waals surface area contributed by atoms with Crippen LogP contribution in [0, 0.1) is 0 Å². The van der Waals surface area contributed by atoms with Crippen molar-refractivity contribution < 1.29 is 4.74 Å². The Morgan fingerprint density at radius 1 is 1.41 bits per heavy atom. The van der Waals surface area contributed by atoms with Gasteiger partial charge in [0.15, 0.2) is 0 Å². The van der Waals surface area contributed by atoms with Gasteiger partial charge >= 0.3 is 0 Å². The van der Waals surface area contributed by atoms with Crippen molar-refractivity contribution >= 4 is 23.2 Å². The molecule has 0 bridgehead atoms. The zero-order valence-corrected chi connectivity index (χ0v) is 11.6. The van der Waals surface area contributed by atoms with E-state index in [4.69, 9.17) is 27.9 Å². The van der Waals surface area contributed by atoms with Gasteiger partial charge in [-0.05, 0) is 31.2 Å². The van der Waals surface area contributed by atoms with Gasteiger partial charge in [-0.15, -0.1) is 0 Å². The first-order chi connectivity index (χ1) is 8.21. The van der Waals surface area contributed by atoms with Crippen molar-refractivity contribution in [3.05, 3.63) is 40.4 Å². The molecule has 2 nitrogen and oxygen atoms in total. The van der Waals surface area contributed by atoms with Gasteiger partial charge in [0.05, 0.1) is 5.03 Å². The minimum absolute atomic E-state index is 0.299. The third-order valence-electron chi connectivity index (χ3n) is 2.53. The van der Waals surface area contributed by atoms with Crippen molar-refractivity contribution in [1.29, 1.82) is 0 Å². The molecule has 0 heterocycles. The number of hydrogen-bond donors (Lipinski definition) is 1. The Balaban J connectivity index is 2.61. The predicted octanol–water partition coefficient (Wildman–Crippen LogP) is 4.05. The van der Waals surface area contributed by atoms with Crippen LogP contribution in [-0.2, 0) is 0 Å². The second kappa shape index (κ2) is 7.59. The van der Waals surface area contributed by atoms with Crippen molar-refractivity contribution in [3.8, 4) is 5.75 Å². The van der Waals surface area contributed by atoms with Crippen molar-refractivity contribution in [2.75, 3.05) is 13.7 Å². The molecule has 0 saturated heterocycles. The molecule has 0 radical (unpaired) electrons. The maximum atomic E-state index is 5.74. The van der Waals surface area contributed by atoms with Crippen LogP contribution < -0.4 is 10.1 Å². The summed E-state index contributed by atoms with van der Waals surface area (Å²) in [6, 6.07) is 8.37. The highest BCUT2D eigenvalue weighted by Crippen LogP contribution is 2.20. The average molecular weight is 274 g/mol. The lowest BCUT2D eigenvalue weighted by molar-refractivity contribution is 0.359. The number of nitrogens with one attached hydrogen (secondary N) is 1. The van der Waals surface area contributed by atoms with E-state index in [0.717, 1.165) is 12.2 Å². The minimum Gasteiger partial charge on any atom is -0.488 e. The van der Waals surface area contributed by atoms with E-state index < -0.39 is 0 Å². The summed E-state index contributed by atoms with van der Waals surface area (Å²) in [6.07, 6.45) is 1.05. The summed E-state index contributed by atoms with van der Waals surface area (Å²) in [5.74, 6) is 0.788. The average Bonchev–Trinajstić information content (AvgIpc) is 2.38. The third-order valence-corrected chi connectivity index (χ3v) is 3.13. The molecule has 1 aromatic rings. The van der Waals surface area contributed by atoms with E-state index >= 15 is 0 Å². The largest absolute Gasteiger partial charge is 0.488 e. The molecule has 0 amide bonds. The number of hydrogen-bond acceptors (Lipinski definition) is 2. The van der Waals surface area contributed by atoms with E-state index in [-0.39, 0.29) is 0 Å². The number of benzene rings is 1. The zero-order valence-electron chi connectivity index (χ0n) is 10.0. The summed E-state index contributed by atoms with van der Waals surface area (Å²) >= 11 is 11.2. The molecule has 0 spiro atoms. The SMILES string of the molecule is CCC(NC)c1ccc(OCC(Cl)=CCl)cc1. The Morgan fingerprint density at radius 3 is 2.53 bits per heavy atom. The normalized spacial score (nSPS) is 13.5. The van der Waals surface area contributed by atoms with Gasteiger partial charge in [0.2, 0.25) is 0 Å². The molecule has 0 fully saturated rings. The summed E-state index contributed by atoms with van der Waals surface area (Å²) in [5, 5.41) is 3.74. The third kappa shape index (κ3) is 4.58. The molecule has 1 N–H and O–H groups in total. The summed E-state index contributed by atoms with van der Waals surface area (Å²) in [5.41, 5.74) is 2.56. The Hall–Kier alpha value is -0.700. The fourth-order valence-corrected chi connectivity index (χ4v) is 1.70. The molecule has 0 aliphatic heterocycles. The topological polar surface area (TPSA) is 21.3 Å². The molecule has 0 aromatic heterocycles. The molecule has 1 rings (SSSR count). The highest BCUT2D eigenvalue weighted by Gasteiger charge is 2.06. The summed E-state index contributed by atoms with van der Waals surface area (Å²) in [6.45, 7) is 2.45. The smallest absolute Gasteiger partial charge is 0.125 e. The van der Waals surface area contributed by atoms with E-state index in [9.17, 15) is 0 Å². The number of ether oxygens (including phenoxy) is 1. The number of rotatable bonds is 6. The van der Waals surface area contributed by atoms with Crippen molar-refractivity contribution in [1.82, 2.24) is 5.32 Å². The fourth-order valence-electron chi connectivity index (χ4n) is 1.59. The molecule has 94 valence electrons. The van der Waals surface area contributed by atoms with Crippen LogP contribution >= 0.6 is 23.2 Å². The van der Waals surface area contributed by atoms with Gasteiger partial charge in [0.1, 0.15) is 12.4 Å². The molecule has 0 saturated carbocycles. The lowest BCUT2D eigenvalue weighted by Gasteiger charge is -2.14. The Morgan fingerprint density at radius 2 is 2.06 bits per heavy atom. The molecular weight excluding hydrogens is 257 g/mol. The van der Waals surface area contributed by atoms with E-state index in [1.807, 2.05) is 19.2 Å². The van der Waals surface area contributed by atoms with Crippen LogP contribution in [0.4, 0.5) is 0 Å². The van der Waals surface area contributed by atoms with Gasteiger partial charge in [-0.25, -0.2) is 0 Å². The number of halogens is 2.